The molecule has 0 aliphatic heterocycles. The van der Waals surface area contributed by atoms with Gasteiger partial charge in [-0.2, -0.15) is 4.79 Å². The molecule has 0 aliphatic carbocycles. The summed E-state index contributed by atoms with van der Waals surface area (Å²) in [5.74, 6) is -1.00. The number of hydrogen-bond acceptors (Lipinski definition) is 5. The summed E-state index contributed by atoms with van der Waals surface area (Å²) in [7, 11) is 1.62. The first kappa shape index (κ1) is 24.0. The van der Waals surface area contributed by atoms with Crippen molar-refractivity contribution in [3.8, 4) is 5.75 Å². The van der Waals surface area contributed by atoms with Crippen LogP contribution in [0.4, 0.5) is 0 Å². The number of carbonyl (C=O) groups excluding carboxylic acids is 3. The monoisotopic (exact) mass is 400 g/mol. The highest BCUT2D eigenvalue weighted by Gasteiger charge is 2.33. The van der Waals surface area contributed by atoms with Crippen molar-refractivity contribution in [3.05, 3.63) is 41.4 Å². The number of hydrogen-bond donors (Lipinski definition) is 0. The zero-order valence-corrected chi connectivity index (χ0v) is 17.4. The van der Waals surface area contributed by atoms with E-state index in [1.165, 1.54) is 0 Å². The van der Waals surface area contributed by atoms with E-state index in [9.17, 15) is 14.4 Å². The summed E-state index contributed by atoms with van der Waals surface area (Å²) in [4.78, 5) is 38.6. The quantitative estimate of drug-likeness (QED) is 0.140. The highest BCUT2D eigenvalue weighted by atomic mass is 16.6. The standard InChI is InChI=1S/C22H28N2O5/c1-22(2,3)29-21(27)20(24-23)19(26)15-12-17(25)9-7-5-6-8-16-10-13-18(28-4)14-11-16/h6,8,10-11,13-14H,5,7,9,12,15H2,1-4H3/b8-6+. The first-order valence-electron chi connectivity index (χ1n) is 9.47. The molecule has 0 heterocycles. The third kappa shape index (κ3) is 9.63. The van der Waals surface area contributed by atoms with Crippen molar-refractivity contribution < 1.29 is 28.6 Å². The predicted octanol–water partition coefficient (Wildman–Crippen LogP) is 3.81. The van der Waals surface area contributed by atoms with Crippen LogP contribution in [0.25, 0.3) is 11.6 Å². The lowest BCUT2D eigenvalue weighted by Crippen LogP contribution is -2.34. The average molecular weight is 400 g/mol. The topological polar surface area (TPSA) is 106 Å². The van der Waals surface area contributed by atoms with Crippen molar-refractivity contribution in [1.29, 1.82) is 0 Å². The molecule has 7 nitrogen and oxygen atoms in total. The lowest BCUT2D eigenvalue weighted by atomic mass is 10.0. The van der Waals surface area contributed by atoms with E-state index in [0.717, 1.165) is 17.7 Å². The van der Waals surface area contributed by atoms with Crippen molar-refractivity contribution >= 4 is 29.3 Å². The lowest BCUT2D eigenvalue weighted by molar-refractivity contribution is -0.152. The van der Waals surface area contributed by atoms with Gasteiger partial charge in [-0.15, -0.1) is 0 Å². The van der Waals surface area contributed by atoms with Crippen LogP contribution in [0.1, 0.15) is 58.4 Å². The Morgan fingerprint density at radius 1 is 1.07 bits per heavy atom. The molecule has 1 rings (SSSR count). The number of ether oxygens (including phenoxy) is 2. The van der Waals surface area contributed by atoms with Gasteiger partial charge in [0.15, 0.2) is 0 Å². The van der Waals surface area contributed by atoms with Gasteiger partial charge in [0.1, 0.15) is 17.1 Å². The van der Waals surface area contributed by atoms with E-state index in [0.29, 0.717) is 12.8 Å². The number of allylic oxidation sites excluding steroid dienone is 1. The molecular formula is C22H28N2O5. The number of carbonyl (C=O) groups is 3. The van der Waals surface area contributed by atoms with Crippen LogP contribution in [0.15, 0.2) is 30.3 Å². The Hall–Kier alpha value is -3.05. The molecule has 0 unspecified atom stereocenters. The van der Waals surface area contributed by atoms with Gasteiger partial charge in [-0.05, 0) is 51.3 Å². The van der Waals surface area contributed by atoms with Crippen LogP contribution >= 0.6 is 0 Å². The molecule has 0 aliphatic rings. The first-order valence-corrected chi connectivity index (χ1v) is 9.47. The SMILES string of the molecule is COc1ccc(/C=C/CCCC(=O)CCC(=O)C(=[N+]=[N-])C(=O)OC(C)(C)C)cc1. The zero-order chi connectivity index (χ0) is 21.9. The number of rotatable bonds is 11. The van der Waals surface area contributed by atoms with Gasteiger partial charge in [-0.3, -0.25) is 9.59 Å². The molecule has 0 atom stereocenters. The second-order valence-corrected chi connectivity index (χ2v) is 7.48. The smallest absolute Gasteiger partial charge is 0.441 e. The van der Waals surface area contributed by atoms with Crippen LogP contribution in [0, 0.1) is 0 Å². The maximum absolute atomic E-state index is 12.0. The first-order chi connectivity index (χ1) is 13.7. The fraction of sp³-hybridized carbons (Fsp3) is 0.455. The van der Waals surface area contributed by atoms with E-state index in [2.05, 4.69) is 4.79 Å². The normalized spacial score (nSPS) is 11.0. The minimum Gasteiger partial charge on any atom is -0.497 e. The molecule has 7 heteroatoms. The van der Waals surface area contributed by atoms with E-state index < -0.39 is 23.1 Å². The lowest BCUT2D eigenvalue weighted by Gasteiger charge is -2.17. The zero-order valence-electron chi connectivity index (χ0n) is 17.4. The van der Waals surface area contributed by atoms with Crippen LogP contribution in [-0.2, 0) is 19.1 Å². The van der Waals surface area contributed by atoms with E-state index in [1.54, 1.807) is 27.9 Å². The number of nitrogens with zero attached hydrogens (tertiary/aromatic N) is 2. The number of esters is 1. The largest absolute Gasteiger partial charge is 0.497 e. The van der Waals surface area contributed by atoms with Gasteiger partial charge in [-0.25, -0.2) is 4.79 Å². The molecule has 0 N–H and O–H groups in total. The van der Waals surface area contributed by atoms with E-state index in [1.807, 2.05) is 36.4 Å². The third-order valence-corrected chi connectivity index (χ3v) is 3.84. The van der Waals surface area contributed by atoms with Crippen molar-refractivity contribution in [2.75, 3.05) is 7.11 Å². The van der Waals surface area contributed by atoms with E-state index in [-0.39, 0.29) is 18.6 Å². The van der Waals surface area contributed by atoms with Crippen LogP contribution in [-0.4, -0.2) is 40.7 Å². The minimum atomic E-state index is -0.999. The fourth-order valence-corrected chi connectivity index (χ4v) is 2.38. The Morgan fingerprint density at radius 3 is 2.28 bits per heavy atom. The van der Waals surface area contributed by atoms with Crippen molar-refractivity contribution in [3.63, 3.8) is 0 Å². The molecular weight excluding hydrogens is 372 g/mol. The number of benzene rings is 1. The van der Waals surface area contributed by atoms with Gasteiger partial charge in [0.05, 0.1) is 7.11 Å². The molecule has 0 radical (unpaired) electrons. The average Bonchev–Trinajstić information content (AvgIpc) is 2.65. The summed E-state index contributed by atoms with van der Waals surface area (Å²) in [6.45, 7) is 4.91. The Bertz CT molecular complexity index is 797. The number of unbranched alkanes of at least 4 members (excludes halogenated alkanes) is 1. The molecule has 0 amide bonds. The molecule has 1 aromatic rings. The van der Waals surface area contributed by atoms with Gasteiger partial charge in [0, 0.05) is 19.3 Å². The van der Waals surface area contributed by atoms with Gasteiger partial charge < -0.3 is 15.0 Å². The van der Waals surface area contributed by atoms with Crippen LogP contribution in [0.3, 0.4) is 0 Å². The maximum atomic E-state index is 12.0. The van der Waals surface area contributed by atoms with Crippen molar-refractivity contribution in [2.24, 2.45) is 0 Å². The molecule has 0 saturated carbocycles. The van der Waals surface area contributed by atoms with E-state index in [4.69, 9.17) is 15.0 Å². The Labute approximate surface area is 171 Å². The summed E-state index contributed by atoms with van der Waals surface area (Å²) in [6, 6.07) is 7.64. The van der Waals surface area contributed by atoms with Crippen molar-refractivity contribution in [2.45, 2.75) is 58.5 Å². The summed E-state index contributed by atoms with van der Waals surface area (Å²) >= 11 is 0. The minimum absolute atomic E-state index is 0.0111. The molecule has 0 fully saturated rings. The summed E-state index contributed by atoms with van der Waals surface area (Å²) in [5.41, 5.74) is 8.46. The van der Waals surface area contributed by atoms with Crippen LogP contribution in [0.2, 0.25) is 0 Å². The van der Waals surface area contributed by atoms with Crippen LogP contribution in [0.5, 0.6) is 5.75 Å². The molecule has 0 saturated heterocycles. The highest BCUT2D eigenvalue weighted by molar-refractivity contribution is 6.62. The fourth-order valence-electron chi connectivity index (χ4n) is 2.38. The Balaban J connectivity index is 2.35. The molecule has 0 bridgehead atoms. The van der Waals surface area contributed by atoms with Crippen molar-refractivity contribution in [1.82, 2.24) is 0 Å². The molecule has 1 aromatic carbocycles. The maximum Gasteiger partial charge on any atom is 0.441 e. The third-order valence-electron chi connectivity index (χ3n) is 3.84. The van der Waals surface area contributed by atoms with Gasteiger partial charge >= 0.3 is 11.7 Å². The molecule has 0 spiro atoms. The second kappa shape index (κ2) is 11.7. The van der Waals surface area contributed by atoms with Gasteiger partial charge in [0.2, 0.25) is 0 Å². The summed E-state index contributed by atoms with van der Waals surface area (Å²) in [6.07, 6.45) is 5.47. The number of methoxy groups -OCH3 is 1. The second-order valence-electron chi connectivity index (χ2n) is 7.48. The van der Waals surface area contributed by atoms with Gasteiger partial charge in [-0.1, -0.05) is 24.3 Å². The Kier molecular flexibility index (Phi) is 9.69. The van der Waals surface area contributed by atoms with Gasteiger partial charge in [0.25, 0.3) is 5.78 Å². The Morgan fingerprint density at radius 2 is 1.72 bits per heavy atom. The molecule has 0 aromatic heterocycles. The van der Waals surface area contributed by atoms with Crippen LogP contribution < -0.4 is 4.74 Å². The summed E-state index contributed by atoms with van der Waals surface area (Å²) in [5, 5.41) is 0. The molecule has 156 valence electrons. The highest BCUT2D eigenvalue weighted by Crippen LogP contribution is 2.13. The predicted molar refractivity (Wildman–Crippen MR) is 110 cm³/mol. The number of ketones is 2. The molecule has 29 heavy (non-hydrogen) atoms. The van der Waals surface area contributed by atoms with E-state index >= 15 is 0 Å². The number of Topliss-reactive ketones (excluding diaryl/α,β-unsaturated/α-hetero) is 2. The summed E-state index contributed by atoms with van der Waals surface area (Å²) < 4.78 is 10.1.